The summed E-state index contributed by atoms with van der Waals surface area (Å²) in [4.78, 5) is 35.6. The van der Waals surface area contributed by atoms with Crippen LogP contribution in [0.3, 0.4) is 0 Å². The number of hydrogen-bond acceptors (Lipinski definition) is 12. The lowest BCUT2D eigenvalue weighted by atomic mass is 9.85. The van der Waals surface area contributed by atoms with Gasteiger partial charge in [0.1, 0.15) is 43.2 Å². The summed E-state index contributed by atoms with van der Waals surface area (Å²) in [5.41, 5.74) is 0. The largest absolute Gasteiger partial charge is 0.472 e. The average Bonchev–Trinajstić information content (AvgIpc) is 3.19. The first-order valence-corrected chi connectivity index (χ1v) is 22.6. The molecule has 57 heavy (non-hydrogen) atoms. The summed E-state index contributed by atoms with van der Waals surface area (Å²) >= 11 is 0. The number of carbonyl (C=O) groups is 2. The van der Waals surface area contributed by atoms with Crippen LogP contribution in [0.4, 0.5) is 0 Å². The average molecular weight is 829 g/mol. The lowest BCUT2D eigenvalue weighted by Crippen LogP contribution is -2.64. The Bertz CT molecular complexity index is 1230. The Balaban J connectivity index is 2.53. The summed E-state index contributed by atoms with van der Waals surface area (Å²) in [6.45, 7) is 3.07. The molecule has 13 nitrogen and oxygen atoms in total. The molecule has 1 aliphatic carbocycles. The van der Waals surface area contributed by atoms with Crippen molar-refractivity contribution in [2.45, 2.75) is 185 Å². The zero-order valence-corrected chi connectivity index (χ0v) is 35.3. The van der Waals surface area contributed by atoms with Gasteiger partial charge in [-0.05, 0) is 70.6 Å². The number of rotatable bonds is 33. The van der Waals surface area contributed by atoms with Gasteiger partial charge in [-0.2, -0.15) is 0 Å². The third kappa shape index (κ3) is 26.3. The monoisotopic (exact) mass is 828 g/mol. The van der Waals surface area contributed by atoms with Crippen LogP contribution in [0.15, 0.2) is 60.8 Å². The van der Waals surface area contributed by atoms with E-state index in [9.17, 15) is 44.6 Å². The van der Waals surface area contributed by atoms with Crippen molar-refractivity contribution in [3.8, 4) is 0 Å². The Morgan fingerprint density at radius 2 is 1.00 bits per heavy atom. The highest BCUT2D eigenvalue weighted by Gasteiger charge is 2.51. The van der Waals surface area contributed by atoms with E-state index in [1.165, 1.54) is 0 Å². The lowest BCUT2D eigenvalue weighted by molar-refractivity contribution is -0.220. The van der Waals surface area contributed by atoms with E-state index in [4.69, 9.17) is 18.5 Å². The van der Waals surface area contributed by atoms with Crippen LogP contribution >= 0.6 is 7.82 Å². The highest BCUT2D eigenvalue weighted by atomic mass is 31.2. The molecule has 0 aliphatic heterocycles. The molecule has 328 valence electrons. The number of esters is 2. The van der Waals surface area contributed by atoms with Gasteiger partial charge in [-0.25, -0.2) is 4.57 Å². The number of unbranched alkanes of at least 4 members (excludes halogenated alkanes) is 11. The summed E-state index contributed by atoms with van der Waals surface area (Å²) in [5.74, 6) is -1.14. The first-order chi connectivity index (χ1) is 27.4. The third-order valence-corrected chi connectivity index (χ3v) is 10.3. The molecule has 0 radical (unpaired) electrons. The Morgan fingerprint density at radius 3 is 1.53 bits per heavy atom. The molecular weight excluding hydrogens is 755 g/mol. The Labute approximate surface area is 341 Å². The first kappa shape index (κ1) is 52.6. The molecular formula is C43H73O13P. The minimum atomic E-state index is -5.12. The molecule has 14 heteroatoms. The molecule has 0 amide bonds. The Morgan fingerprint density at radius 1 is 0.561 bits per heavy atom. The van der Waals surface area contributed by atoms with Crippen molar-refractivity contribution in [3.05, 3.63) is 60.8 Å². The molecule has 1 rings (SSSR count). The molecule has 6 N–H and O–H groups in total. The zero-order chi connectivity index (χ0) is 42.2. The second-order valence-electron chi connectivity index (χ2n) is 14.5. The fourth-order valence-corrected chi connectivity index (χ4v) is 6.90. The van der Waals surface area contributed by atoms with Gasteiger partial charge in [-0.15, -0.1) is 0 Å². The van der Waals surface area contributed by atoms with E-state index in [0.29, 0.717) is 12.8 Å². The second kappa shape index (κ2) is 33.4. The van der Waals surface area contributed by atoms with E-state index in [2.05, 4.69) is 74.6 Å². The van der Waals surface area contributed by atoms with Gasteiger partial charge in [-0.1, -0.05) is 120 Å². The number of phosphoric ester groups is 1. The van der Waals surface area contributed by atoms with Gasteiger partial charge < -0.3 is 39.9 Å². The molecule has 6 atom stereocenters. The van der Waals surface area contributed by atoms with Crippen molar-refractivity contribution in [1.82, 2.24) is 0 Å². The van der Waals surface area contributed by atoms with Gasteiger partial charge in [0.15, 0.2) is 6.10 Å². The molecule has 1 aliphatic rings. The van der Waals surface area contributed by atoms with Crippen LogP contribution in [0.1, 0.15) is 142 Å². The van der Waals surface area contributed by atoms with E-state index in [1.54, 1.807) is 0 Å². The van der Waals surface area contributed by atoms with Crippen molar-refractivity contribution in [2.24, 2.45) is 0 Å². The minimum absolute atomic E-state index is 0.0712. The highest BCUT2D eigenvalue weighted by Crippen LogP contribution is 2.47. The first-order valence-electron chi connectivity index (χ1n) is 21.1. The van der Waals surface area contributed by atoms with E-state index in [-0.39, 0.29) is 12.8 Å². The molecule has 0 heterocycles. The Hall–Kier alpha value is -2.45. The molecule has 1 fully saturated rings. The Kier molecular flexibility index (Phi) is 30.8. The number of carbonyl (C=O) groups excluding carboxylic acids is 2. The van der Waals surface area contributed by atoms with Crippen LogP contribution in [-0.4, -0.2) is 98.3 Å². The van der Waals surface area contributed by atoms with E-state index in [1.807, 2.05) is 0 Å². The van der Waals surface area contributed by atoms with Gasteiger partial charge in [-0.3, -0.25) is 18.6 Å². The van der Waals surface area contributed by atoms with E-state index >= 15 is 0 Å². The highest BCUT2D eigenvalue weighted by molar-refractivity contribution is 7.47. The topological polar surface area (TPSA) is 210 Å². The maximum absolute atomic E-state index is 12.8. The van der Waals surface area contributed by atoms with Crippen LogP contribution in [0.25, 0.3) is 0 Å². The third-order valence-electron chi connectivity index (χ3n) is 9.32. The number of allylic oxidation sites excluding steroid dienone is 10. The van der Waals surface area contributed by atoms with Gasteiger partial charge in [0.25, 0.3) is 0 Å². The molecule has 0 aromatic rings. The molecule has 0 aromatic carbocycles. The predicted octanol–water partition coefficient (Wildman–Crippen LogP) is 7.38. The summed E-state index contributed by atoms with van der Waals surface area (Å²) in [7, 11) is -5.12. The molecule has 6 unspecified atom stereocenters. The van der Waals surface area contributed by atoms with E-state index < -0.39 is 75.7 Å². The minimum Gasteiger partial charge on any atom is -0.462 e. The molecule has 1 saturated carbocycles. The molecule has 0 saturated heterocycles. The second-order valence-corrected chi connectivity index (χ2v) is 15.9. The van der Waals surface area contributed by atoms with Crippen LogP contribution in [0.2, 0.25) is 0 Å². The maximum atomic E-state index is 12.8. The maximum Gasteiger partial charge on any atom is 0.472 e. The molecule has 0 spiro atoms. The normalized spacial score (nSPS) is 23.3. The number of aliphatic hydroxyl groups excluding tert-OH is 5. The number of aliphatic hydroxyl groups is 5. The fraction of sp³-hybridized carbons (Fsp3) is 0.721. The van der Waals surface area contributed by atoms with Gasteiger partial charge in [0.2, 0.25) is 0 Å². The van der Waals surface area contributed by atoms with Crippen LogP contribution in [0.5, 0.6) is 0 Å². The van der Waals surface area contributed by atoms with Crippen molar-refractivity contribution in [2.75, 3.05) is 13.2 Å². The summed E-state index contributed by atoms with van der Waals surface area (Å²) in [6.07, 6.45) is 25.7. The van der Waals surface area contributed by atoms with Crippen LogP contribution < -0.4 is 0 Å². The van der Waals surface area contributed by atoms with Crippen molar-refractivity contribution < 1.29 is 63.1 Å². The zero-order valence-electron chi connectivity index (χ0n) is 34.4. The number of phosphoric acid groups is 1. The summed E-state index contributed by atoms with van der Waals surface area (Å²) in [5, 5.41) is 50.0. The number of ether oxygens (including phenoxy) is 2. The fourth-order valence-electron chi connectivity index (χ4n) is 5.93. The predicted molar refractivity (Wildman–Crippen MR) is 221 cm³/mol. The van der Waals surface area contributed by atoms with Crippen molar-refractivity contribution >= 4 is 19.8 Å². The number of hydrogen-bond donors (Lipinski definition) is 6. The van der Waals surface area contributed by atoms with Crippen molar-refractivity contribution in [3.63, 3.8) is 0 Å². The van der Waals surface area contributed by atoms with Crippen LogP contribution in [-0.2, 0) is 32.7 Å². The van der Waals surface area contributed by atoms with Gasteiger partial charge in [0, 0.05) is 12.8 Å². The van der Waals surface area contributed by atoms with Gasteiger partial charge >= 0.3 is 19.8 Å². The summed E-state index contributed by atoms with van der Waals surface area (Å²) in [6, 6.07) is 0. The summed E-state index contributed by atoms with van der Waals surface area (Å²) < 4.78 is 33.4. The van der Waals surface area contributed by atoms with Crippen LogP contribution in [0, 0.1) is 0 Å². The smallest absolute Gasteiger partial charge is 0.462 e. The molecule has 0 bridgehead atoms. The lowest BCUT2D eigenvalue weighted by Gasteiger charge is -2.41. The standard InChI is InChI=1S/C43H73O13P/c1-3-5-7-9-11-13-15-17-18-20-22-24-26-28-30-32-37(45)55-35(34-54-57(51,52)56-43-41(49)39(47)38(46)40(48)42(43)50)33-53-36(44)31-29-27-25-23-21-19-16-14-12-10-8-6-4-2/h5,7-8,10-11,13-14,16-18,35,38-43,46-50H,3-4,6,9,12,15,19-34H2,1-2H3,(H,51,52)/b7-5-,10-8-,13-11-,16-14-,18-17-. The quantitative estimate of drug-likeness (QED) is 0.0165. The van der Waals surface area contributed by atoms with Gasteiger partial charge in [0.05, 0.1) is 6.61 Å². The SMILES string of the molecule is CC/C=C\C/C=C\C/C=C\CCCCCCCC(=O)OC(COC(=O)CCCCCCC/C=C\C/C=C\CCC)COP(=O)(O)OC1C(O)C(O)C(O)C(O)C1O. The van der Waals surface area contributed by atoms with E-state index in [0.717, 1.165) is 103 Å². The van der Waals surface area contributed by atoms with Crippen molar-refractivity contribution in [1.29, 1.82) is 0 Å². The molecule has 0 aromatic heterocycles.